The van der Waals surface area contributed by atoms with Crippen LogP contribution in [0, 0.1) is 23.2 Å². The Balaban J connectivity index is 1.27. The molecule has 0 aromatic heterocycles. The third-order valence-electron chi connectivity index (χ3n) is 13.8. The molecular weight excluding hydrogens is 630 g/mol. The number of nitrogens with zero attached hydrogens (tertiary/aromatic N) is 1. The molecule has 0 radical (unpaired) electrons. The summed E-state index contributed by atoms with van der Waals surface area (Å²) in [6, 6.07) is 0. The Kier molecular flexibility index (Phi) is 9.71. The first-order chi connectivity index (χ1) is 23.6. The van der Waals surface area contributed by atoms with E-state index in [-0.39, 0.29) is 41.5 Å². The zero-order valence-electron chi connectivity index (χ0n) is 31.4. The molecule has 7 rings (SSSR count). The van der Waals surface area contributed by atoms with Crippen LogP contribution < -0.4 is 0 Å². The summed E-state index contributed by atoms with van der Waals surface area (Å²) in [5.41, 5.74) is 5.23. The van der Waals surface area contributed by atoms with Gasteiger partial charge in [-0.15, -0.1) is 0 Å². The molecule has 11 unspecified atom stereocenters. The highest BCUT2D eigenvalue weighted by Gasteiger charge is 2.64. The van der Waals surface area contributed by atoms with E-state index in [1.165, 1.54) is 22.4 Å². The molecule has 6 aliphatic heterocycles. The minimum atomic E-state index is -1.12. The van der Waals surface area contributed by atoms with Crippen molar-refractivity contribution in [3.05, 3.63) is 46.6 Å². The van der Waals surface area contributed by atoms with Gasteiger partial charge >= 0.3 is 5.97 Å². The quantitative estimate of drug-likeness (QED) is 0.213. The molecule has 3 saturated heterocycles. The molecule has 8 heteroatoms. The smallest absolute Gasteiger partial charge is 0.334 e. The van der Waals surface area contributed by atoms with Crippen molar-refractivity contribution in [3.8, 4) is 0 Å². The zero-order valence-corrected chi connectivity index (χ0v) is 31.4. The summed E-state index contributed by atoms with van der Waals surface area (Å²) in [7, 11) is 0. The highest BCUT2D eigenvalue weighted by Crippen LogP contribution is 2.57. The first-order valence-corrected chi connectivity index (χ1v) is 19.6. The Morgan fingerprint density at radius 2 is 1.78 bits per heavy atom. The number of aliphatic imine (C=N–C) groups is 1. The third-order valence-corrected chi connectivity index (χ3v) is 13.8. The predicted molar refractivity (Wildman–Crippen MR) is 193 cm³/mol. The van der Waals surface area contributed by atoms with Crippen molar-refractivity contribution in [1.29, 1.82) is 0 Å². The topological polar surface area (TPSA) is 107 Å². The molecule has 8 nitrogen and oxygen atoms in total. The minimum Gasteiger partial charge on any atom is -0.450 e. The number of aliphatic hydroxyl groups is 2. The van der Waals surface area contributed by atoms with Gasteiger partial charge in [-0.3, -0.25) is 4.99 Å². The Bertz CT molecular complexity index is 1510. The van der Waals surface area contributed by atoms with E-state index in [1.54, 1.807) is 0 Å². The summed E-state index contributed by atoms with van der Waals surface area (Å²) in [5, 5.41) is 23.5. The molecule has 4 bridgehead atoms. The lowest BCUT2D eigenvalue weighted by Crippen LogP contribution is -2.60. The predicted octanol–water partition coefficient (Wildman–Crippen LogP) is 7.83. The SMILES string of the molecule is C=C1CCCC2=NCC(C)CCC23CCC(C2C=C(C)C(=O)O2)=C(C)C3/C=C(/C)C(O)CC2OC3(CCC4(OC(CCC4(C)O)C1)O3)CC2C. The van der Waals surface area contributed by atoms with Crippen LogP contribution in [0.1, 0.15) is 131 Å². The summed E-state index contributed by atoms with van der Waals surface area (Å²) in [4.78, 5) is 17.9. The van der Waals surface area contributed by atoms with Gasteiger partial charge in [0.15, 0.2) is 5.79 Å². The number of allylic oxidation sites excluding steroid dienone is 2. The third kappa shape index (κ3) is 6.44. The van der Waals surface area contributed by atoms with E-state index in [1.807, 2.05) is 19.9 Å². The van der Waals surface area contributed by atoms with E-state index in [9.17, 15) is 15.0 Å². The van der Waals surface area contributed by atoms with Crippen LogP contribution in [0.4, 0.5) is 0 Å². The fraction of sp³-hybridized carbons (Fsp3) is 0.762. The van der Waals surface area contributed by atoms with E-state index >= 15 is 0 Å². The van der Waals surface area contributed by atoms with Crippen molar-refractivity contribution >= 4 is 11.7 Å². The van der Waals surface area contributed by atoms with Crippen LogP contribution in [0.2, 0.25) is 0 Å². The van der Waals surface area contributed by atoms with Gasteiger partial charge in [-0.05, 0) is 121 Å². The molecule has 50 heavy (non-hydrogen) atoms. The largest absolute Gasteiger partial charge is 0.450 e. The second-order valence-corrected chi connectivity index (χ2v) is 17.6. The molecule has 0 aromatic rings. The molecule has 3 fully saturated rings. The lowest BCUT2D eigenvalue weighted by Gasteiger charge is -2.49. The monoisotopic (exact) mass is 691 g/mol. The highest BCUT2D eigenvalue weighted by molar-refractivity contribution is 5.92. The summed E-state index contributed by atoms with van der Waals surface area (Å²) < 4.78 is 26.2. The Labute approximate surface area is 299 Å². The Morgan fingerprint density at radius 3 is 2.54 bits per heavy atom. The molecule has 276 valence electrons. The number of ether oxygens (including phenoxy) is 4. The number of aliphatic hydroxyl groups excluding tert-OH is 1. The minimum absolute atomic E-state index is 0.0319. The molecule has 7 aliphatic rings. The average molecular weight is 692 g/mol. The molecule has 6 heterocycles. The molecule has 0 amide bonds. The zero-order chi connectivity index (χ0) is 35.6. The number of fused-ring (bicyclic) bond motifs is 2. The summed E-state index contributed by atoms with van der Waals surface area (Å²) in [6.45, 7) is 17.8. The van der Waals surface area contributed by atoms with Crippen LogP contribution in [-0.2, 0) is 23.7 Å². The second kappa shape index (κ2) is 13.4. The second-order valence-electron chi connectivity index (χ2n) is 17.6. The van der Waals surface area contributed by atoms with Gasteiger partial charge in [-0.1, -0.05) is 37.6 Å². The number of rotatable bonds is 1. The summed E-state index contributed by atoms with van der Waals surface area (Å²) >= 11 is 0. The molecule has 0 aromatic carbocycles. The standard InChI is InChI=1S/C42H61NO7/c1-25-9-8-10-37-40(15-11-26(2)24-43-37)16-13-32(36-21-28(4)38(45)47-36)30(6)33(40)20-27(3)34(44)22-35-29(5)23-41(49-35)17-18-42(50-41)39(7,46)14-12-31(19-25)48-42/h20-21,26,29,31,33-36,44,46H,1,8-19,22-24H2,2-7H3/b27-20-. The van der Waals surface area contributed by atoms with Crippen molar-refractivity contribution in [3.63, 3.8) is 0 Å². The van der Waals surface area contributed by atoms with Crippen molar-refractivity contribution in [2.24, 2.45) is 28.2 Å². The van der Waals surface area contributed by atoms with Crippen molar-refractivity contribution < 1.29 is 34.0 Å². The Hall–Kier alpha value is -2.10. The number of carbonyl (C=O) groups excluding carboxylic acids is 1. The molecule has 11 atom stereocenters. The van der Waals surface area contributed by atoms with Crippen molar-refractivity contribution in [1.82, 2.24) is 0 Å². The van der Waals surface area contributed by atoms with Gasteiger partial charge in [0.2, 0.25) is 5.79 Å². The van der Waals surface area contributed by atoms with Gasteiger partial charge in [0.1, 0.15) is 11.7 Å². The van der Waals surface area contributed by atoms with Crippen molar-refractivity contribution in [2.75, 3.05) is 6.54 Å². The van der Waals surface area contributed by atoms with E-state index in [2.05, 4.69) is 40.3 Å². The number of carbonyl (C=O) groups is 1. The number of hydrogen-bond donors (Lipinski definition) is 2. The molecular formula is C42H61NO7. The fourth-order valence-electron chi connectivity index (χ4n) is 10.5. The highest BCUT2D eigenvalue weighted by atomic mass is 16.8. The Morgan fingerprint density at radius 1 is 0.980 bits per heavy atom. The van der Waals surface area contributed by atoms with Gasteiger partial charge in [0, 0.05) is 54.8 Å². The average Bonchev–Trinajstić information content (AvgIpc) is 3.65. The number of esters is 1. The summed E-state index contributed by atoms with van der Waals surface area (Å²) in [6.07, 6.45) is 14.2. The van der Waals surface area contributed by atoms with E-state index in [4.69, 9.17) is 23.9 Å². The van der Waals surface area contributed by atoms with Gasteiger partial charge in [-0.25, -0.2) is 4.79 Å². The maximum Gasteiger partial charge on any atom is 0.334 e. The molecule has 1 aliphatic carbocycles. The summed E-state index contributed by atoms with van der Waals surface area (Å²) in [5.74, 6) is -1.47. The lowest BCUT2D eigenvalue weighted by molar-refractivity contribution is -0.387. The van der Waals surface area contributed by atoms with Crippen molar-refractivity contribution in [2.45, 2.75) is 173 Å². The van der Waals surface area contributed by atoms with Gasteiger partial charge in [-0.2, -0.15) is 0 Å². The molecule has 0 saturated carbocycles. The van der Waals surface area contributed by atoms with Gasteiger partial charge < -0.3 is 29.2 Å². The number of cyclic esters (lactones) is 1. The van der Waals surface area contributed by atoms with Crippen LogP contribution in [-0.4, -0.2) is 70.0 Å². The normalized spacial score (nSPS) is 47.0. The van der Waals surface area contributed by atoms with Crippen LogP contribution in [0.3, 0.4) is 0 Å². The van der Waals surface area contributed by atoms with Crippen LogP contribution in [0.25, 0.3) is 0 Å². The van der Waals surface area contributed by atoms with Crippen LogP contribution in [0.15, 0.2) is 51.6 Å². The lowest BCUT2D eigenvalue weighted by atomic mass is 9.58. The molecule has 2 N–H and O–H groups in total. The first-order valence-electron chi connectivity index (χ1n) is 19.6. The van der Waals surface area contributed by atoms with E-state index in [0.717, 1.165) is 69.9 Å². The number of hydrogen-bond acceptors (Lipinski definition) is 8. The van der Waals surface area contributed by atoms with Crippen LogP contribution >= 0.6 is 0 Å². The first kappa shape index (κ1) is 36.3. The van der Waals surface area contributed by atoms with Gasteiger partial charge in [0.05, 0.1) is 18.3 Å². The van der Waals surface area contributed by atoms with E-state index < -0.39 is 23.3 Å². The fourth-order valence-corrected chi connectivity index (χ4v) is 10.5. The van der Waals surface area contributed by atoms with Crippen LogP contribution in [0.5, 0.6) is 0 Å². The van der Waals surface area contributed by atoms with E-state index in [0.29, 0.717) is 43.6 Å². The maximum absolute atomic E-state index is 12.5. The maximum atomic E-state index is 12.5. The molecule has 3 spiro atoms. The van der Waals surface area contributed by atoms with Gasteiger partial charge in [0.25, 0.3) is 0 Å².